The van der Waals surface area contributed by atoms with E-state index in [-0.39, 0.29) is 18.0 Å². The highest BCUT2D eigenvalue weighted by Gasteiger charge is 2.19. The Morgan fingerprint density at radius 2 is 2.29 bits per heavy atom. The predicted molar refractivity (Wildman–Crippen MR) is 78.3 cm³/mol. The molecule has 0 amide bonds. The van der Waals surface area contributed by atoms with Gasteiger partial charge in [0.15, 0.2) is 0 Å². The van der Waals surface area contributed by atoms with Crippen molar-refractivity contribution in [3.8, 4) is 11.3 Å². The molecule has 3 rings (SSSR count). The van der Waals surface area contributed by atoms with Crippen molar-refractivity contribution in [2.24, 2.45) is 0 Å². The number of nitrogens with zero attached hydrogens (tertiary/aromatic N) is 2. The van der Waals surface area contributed by atoms with E-state index < -0.39 is 0 Å². The maximum atomic E-state index is 14.0. The van der Waals surface area contributed by atoms with Gasteiger partial charge in [-0.15, -0.1) is 0 Å². The maximum Gasteiger partial charge on any atom is 0.126 e. The minimum absolute atomic E-state index is 0.146. The monoisotopic (exact) mass is 287 g/mol. The molecule has 4 nitrogen and oxygen atoms in total. The minimum Gasteiger partial charge on any atom is -0.376 e. The molecule has 2 aromatic rings. The van der Waals surface area contributed by atoms with E-state index in [1.807, 2.05) is 25.1 Å². The average molecular weight is 287 g/mol. The van der Waals surface area contributed by atoms with Gasteiger partial charge in [0.1, 0.15) is 5.82 Å². The number of hydrogen-bond acceptors (Lipinski definition) is 4. The van der Waals surface area contributed by atoms with Crippen LogP contribution in [0, 0.1) is 5.82 Å². The van der Waals surface area contributed by atoms with Crippen molar-refractivity contribution in [3.05, 3.63) is 47.9 Å². The summed E-state index contributed by atoms with van der Waals surface area (Å²) in [7, 11) is 0. The Bertz CT molecular complexity index is 598. The van der Waals surface area contributed by atoms with E-state index in [9.17, 15) is 4.39 Å². The van der Waals surface area contributed by atoms with Crippen molar-refractivity contribution in [1.29, 1.82) is 0 Å². The minimum atomic E-state index is -0.192. The van der Waals surface area contributed by atoms with Crippen LogP contribution >= 0.6 is 0 Å². The van der Waals surface area contributed by atoms with Gasteiger partial charge in [-0.3, -0.25) is 0 Å². The molecule has 1 aromatic heterocycles. The number of ether oxygens (including phenoxy) is 1. The Morgan fingerprint density at radius 3 is 3.00 bits per heavy atom. The summed E-state index contributed by atoms with van der Waals surface area (Å²) in [5.41, 5.74) is 2.30. The van der Waals surface area contributed by atoms with E-state index in [0.717, 1.165) is 17.8 Å². The second-order valence-electron chi connectivity index (χ2n) is 5.37. The van der Waals surface area contributed by atoms with Gasteiger partial charge in [-0.2, -0.15) is 10.2 Å². The van der Waals surface area contributed by atoms with Crippen molar-refractivity contribution in [1.82, 2.24) is 15.5 Å². The fourth-order valence-corrected chi connectivity index (χ4v) is 2.47. The summed E-state index contributed by atoms with van der Waals surface area (Å²) in [4.78, 5) is 0. The van der Waals surface area contributed by atoms with Gasteiger partial charge < -0.3 is 10.1 Å². The van der Waals surface area contributed by atoms with Crippen LogP contribution in [0.3, 0.4) is 0 Å². The van der Waals surface area contributed by atoms with Crippen LogP contribution in [0.15, 0.2) is 36.5 Å². The second-order valence-corrected chi connectivity index (χ2v) is 5.37. The molecular formula is C16H18FN3O. The van der Waals surface area contributed by atoms with Crippen LogP contribution in [0.5, 0.6) is 0 Å². The molecule has 2 atom stereocenters. The highest BCUT2D eigenvalue weighted by atomic mass is 19.1. The highest BCUT2D eigenvalue weighted by Crippen LogP contribution is 2.21. The Kier molecular flexibility index (Phi) is 4.22. The maximum absolute atomic E-state index is 14.0. The SMILES string of the molecule is C[C@@H]1CN[C@H](Cc2cc(-c3cccnn3)ccc2F)CO1. The summed E-state index contributed by atoms with van der Waals surface area (Å²) in [6.07, 6.45) is 2.45. The van der Waals surface area contributed by atoms with Crippen molar-refractivity contribution in [2.75, 3.05) is 13.2 Å². The van der Waals surface area contributed by atoms with Crippen molar-refractivity contribution in [2.45, 2.75) is 25.5 Å². The lowest BCUT2D eigenvalue weighted by Gasteiger charge is -2.28. The molecule has 5 heteroatoms. The third-order valence-corrected chi connectivity index (χ3v) is 3.66. The number of benzene rings is 1. The summed E-state index contributed by atoms with van der Waals surface area (Å²) >= 11 is 0. The number of morpholine rings is 1. The number of halogens is 1. The Balaban J connectivity index is 1.79. The van der Waals surface area contributed by atoms with Gasteiger partial charge in [0.25, 0.3) is 0 Å². The summed E-state index contributed by atoms with van der Waals surface area (Å²) in [6, 6.07) is 8.91. The van der Waals surface area contributed by atoms with Gasteiger partial charge in [-0.1, -0.05) is 0 Å². The van der Waals surface area contributed by atoms with Gasteiger partial charge in [0.2, 0.25) is 0 Å². The van der Waals surface area contributed by atoms with Gasteiger partial charge >= 0.3 is 0 Å². The molecule has 1 aromatic carbocycles. The Labute approximate surface area is 123 Å². The van der Waals surface area contributed by atoms with Crippen molar-refractivity contribution in [3.63, 3.8) is 0 Å². The van der Waals surface area contributed by atoms with E-state index in [1.165, 1.54) is 6.07 Å². The van der Waals surface area contributed by atoms with Crippen LogP contribution in [-0.2, 0) is 11.2 Å². The van der Waals surface area contributed by atoms with E-state index in [0.29, 0.717) is 18.6 Å². The first-order valence-corrected chi connectivity index (χ1v) is 7.14. The number of aromatic nitrogens is 2. The lowest BCUT2D eigenvalue weighted by Crippen LogP contribution is -2.46. The van der Waals surface area contributed by atoms with Crippen molar-refractivity contribution < 1.29 is 9.13 Å². The average Bonchev–Trinajstić information content (AvgIpc) is 2.52. The number of rotatable bonds is 3. The molecule has 21 heavy (non-hydrogen) atoms. The third-order valence-electron chi connectivity index (χ3n) is 3.66. The molecule has 0 aliphatic carbocycles. The Morgan fingerprint density at radius 1 is 1.38 bits per heavy atom. The Hall–Kier alpha value is -1.85. The number of hydrogen-bond donors (Lipinski definition) is 1. The van der Waals surface area contributed by atoms with Crippen LogP contribution in [-0.4, -0.2) is 35.5 Å². The van der Waals surface area contributed by atoms with Crippen LogP contribution in [0.2, 0.25) is 0 Å². The fourth-order valence-electron chi connectivity index (χ4n) is 2.47. The fraction of sp³-hybridized carbons (Fsp3) is 0.375. The lowest BCUT2D eigenvalue weighted by atomic mass is 10.0. The van der Waals surface area contributed by atoms with E-state index in [2.05, 4.69) is 15.5 Å². The molecule has 0 bridgehead atoms. The van der Waals surface area contributed by atoms with Crippen LogP contribution < -0.4 is 5.32 Å². The number of nitrogens with one attached hydrogen (secondary N) is 1. The second kappa shape index (κ2) is 6.28. The zero-order valence-corrected chi connectivity index (χ0v) is 11.9. The molecule has 2 heterocycles. The standard InChI is InChI=1S/C16H18FN3O/c1-11-9-18-14(10-21-11)8-13-7-12(4-5-15(13)17)16-3-2-6-19-20-16/h2-7,11,14,18H,8-10H2,1H3/t11-,14-/m1/s1. The summed E-state index contributed by atoms with van der Waals surface area (Å²) in [5.74, 6) is -0.192. The van der Waals surface area contributed by atoms with Gasteiger partial charge in [0.05, 0.1) is 18.4 Å². The quantitative estimate of drug-likeness (QED) is 0.940. The van der Waals surface area contributed by atoms with Crippen molar-refractivity contribution >= 4 is 0 Å². The van der Waals surface area contributed by atoms with Crippen LogP contribution in [0.4, 0.5) is 4.39 Å². The first kappa shape index (κ1) is 14.1. The predicted octanol–water partition coefficient (Wildman–Crippen LogP) is 2.20. The van der Waals surface area contributed by atoms with Crippen LogP contribution in [0.25, 0.3) is 11.3 Å². The molecule has 1 saturated heterocycles. The topological polar surface area (TPSA) is 47.0 Å². The van der Waals surface area contributed by atoms with Crippen LogP contribution in [0.1, 0.15) is 12.5 Å². The molecule has 0 unspecified atom stereocenters. The van der Waals surface area contributed by atoms with E-state index in [4.69, 9.17) is 4.74 Å². The molecule has 1 aliphatic rings. The zero-order chi connectivity index (χ0) is 14.7. The normalized spacial score (nSPS) is 22.2. The first-order valence-electron chi connectivity index (χ1n) is 7.14. The van der Waals surface area contributed by atoms with E-state index in [1.54, 1.807) is 12.3 Å². The molecule has 1 fully saturated rings. The molecule has 1 aliphatic heterocycles. The molecule has 0 spiro atoms. The van der Waals surface area contributed by atoms with Gasteiger partial charge in [0, 0.05) is 24.3 Å². The molecule has 0 radical (unpaired) electrons. The molecular weight excluding hydrogens is 269 g/mol. The molecule has 1 N–H and O–H groups in total. The third kappa shape index (κ3) is 3.43. The smallest absolute Gasteiger partial charge is 0.126 e. The summed E-state index contributed by atoms with van der Waals surface area (Å²) in [6.45, 7) is 3.44. The highest BCUT2D eigenvalue weighted by molar-refractivity contribution is 5.59. The van der Waals surface area contributed by atoms with E-state index >= 15 is 0 Å². The molecule has 110 valence electrons. The zero-order valence-electron chi connectivity index (χ0n) is 11.9. The summed E-state index contributed by atoms with van der Waals surface area (Å²) in [5, 5.41) is 11.3. The largest absolute Gasteiger partial charge is 0.376 e. The molecule has 0 saturated carbocycles. The first-order chi connectivity index (χ1) is 10.2. The lowest BCUT2D eigenvalue weighted by molar-refractivity contribution is 0.0154. The summed E-state index contributed by atoms with van der Waals surface area (Å²) < 4.78 is 19.6. The van der Waals surface area contributed by atoms with Gasteiger partial charge in [-0.25, -0.2) is 4.39 Å². The van der Waals surface area contributed by atoms with Gasteiger partial charge in [-0.05, 0) is 49.2 Å².